The van der Waals surface area contributed by atoms with E-state index in [1.807, 2.05) is 30.3 Å². The minimum Gasteiger partial charge on any atom is -0.491 e. The van der Waals surface area contributed by atoms with Gasteiger partial charge in [-0.25, -0.2) is 0 Å². The van der Waals surface area contributed by atoms with E-state index in [1.54, 1.807) is 0 Å². The fourth-order valence-corrected chi connectivity index (χ4v) is 0.870. The SMILES string of the molecule is CO.c1ccc(OCC2CO2)cc1. The maximum absolute atomic E-state index is 7.00. The van der Waals surface area contributed by atoms with Crippen molar-refractivity contribution >= 4 is 0 Å². The minimum absolute atomic E-state index is 0.343. The number of rotatable bonds is 3. The van der Waals surface area contributed by atoms with Crippen LogP contribution in [0.2, 0.25) is 0 Å². The molecule has 1 aliphatic heterocycles. The van der Waals surface area contributed by atoms with Crippen molar-refractivity contribution in [1.29, 1.82) is 0 Å². The molecule has 1 aliphatic rings. The van der Waals surface area contributed by atoms with Gasteiger partial charge in [-0.2, -0.15) is 0 Å². The minimum atomic E-state index is 0.343. The van der Waals surface area contributed by atoms with Crippen LogP contribution in [0.4, 0.5) is 0 Å². The number of hydrogen-bond acceptors (Lipinski definition) is 3. The van der Waals surface area contributed by atoms with Gasteiger partial charge >= 0.3 is 0 Å². The fraction of sp³-hybridized carbons (Fsp3) is 0.400. The lowest BCUT2D eigenvalue weighted by atomic mass is 10.3. The third-order valence-electron chi connectivity index (χ3n) is 1.58. The molecule has 2 rings (SSSR count). The number of benzene rings is 1. The van der Waals surface area contributed by atoms with Gasteiger partial charge in [-0.1, -0.05) is 18.2 Å². The molecule has 1 N–H and O–H groups in total. The van der Waals surface area contributed by atoms with E-state index >= 15 is 0 Å². The lowest BCUT2D eigenvalue weighted by Crippen LogP contribution is -2.03. The third-order valence-corrected chi connectivity index (χ3v) is 1.58. The second-order valence-electron chi connectivity index (χ2n) is 2.58. The second-order valence-corrected chi connectivity index (χ2v) is 2.58. The molecule has 0 saturated carbocycles. The van der Waals surface area contributed by atoms with Crippen LogP contribution in [0.15, 0.2) is 30.3 Å². The summed E-state index contributed by atoms with van der Waals surface area (Å²) < 4.78 is 10.4. The van der Waals surface area contributed by atoms with Crippen molar-refractivity contribution < 1.29 is 14.6 Å². The Bertz CT molecular complexity index is 219. The van der Waals surface area contributed by atoms with Gasteiger partial charge in [0.05, 0.1) is 6.61 Å². The first-order valence-corrected chi connectivity index (χ1v) is 4.19. The average molecular weight is 182 g/mol. The summed E-state index contributed by atoms with van der Waals surface area (Å²) in [6.07, 6.45) is 0.343. The Balaban J connectivity index is 0.000000396. The van der Waals surface area contributed by atoms with Crippen LogP contribution >= 0.6 is 0 Å². The van der Waals surface area contributed by atoms with E-state index in [0.29, 0.717) is 12.7 Å². The van der Waals surface area contributed by atoms with E-state index in [2.05, 4.69) is 0 Å². The zero-order valence-electron chi connectivity index (χ0n) is 7.64. The standard InChI is InChI=1S/C9H10O2.CH4O/c1-2-4-8(5-3-1)10-6-9-7-11-9;1-2/h1-5,9H,6-7H2;2H,1H3. The number of aliphatic hydroxyl groups excluding tert-OH is 1. The summed E-state index contributed by atoms with van der Waals surface area (Å²) in [6, 6.07) is 9.79. The van der Waals surface area contributed by atoms with E-state index in [9.17, 15) is 0 Å². The van der Waals surface area contributed by atoms with E-state index in [4.69, 9.17) is 14.6 Å². The van der Waals surface area contributed by atoms with Crippen LogP contribution in [0.25, 0.3) is 0 Å². The number of ether oxygens (including phenoxy) is 2. The maximum Gasteiger partial charge on any atom is 0.119 e. The normalized spacial score (nSPS) is 18.5. The van der Waals surface area contributed by atoms with E-state index in [0.717, 1.165) is 19.5 Å². The first-order valence-electron chi connectivity index (χ1n) is 4.19. The van der Waals surface area contributed by atoms with Crippen molar-refractivity contribution in [3.05, 3.63) is 30.3 Å². The first-order chi connectivity index (χ1) is 6.45. The Hall–Kier alpha value is -1.06. The molecule has 0 aromatic heterocycles. The van der Waals surface area contributed by atoms with Gasteiger partial charge < -0.3 is 14.6 Å². The predicted octanol–water partition coefficient (Wildman–Crippen LogP) is 1.07. The van der Waals surface area contributed by atoms with Crippen LogP contribution in [0, 0.1) is 0 Å². The highest BCUT2D eigenvalue weighted by Crippen LogP contribution is 2.13. The molecule has 1 saturated heterocycles. The highest BCUT2D eigenvalue weighted by Gasteiger charge is 2.22. The number of hydrogen-bond donors (Lipinski definition) is 1. The largest absolute Gasteiger partial charge is 0.491 e. The van der Waals surface area contributed by atoms with Crippen molar-refractivity contribution in [2.45, 2.75) is 6.10 Å². The molecule has 1 atom stereocenters. The van der Waals surface area contributed by atoms with Crippen LogP contribution in [-0.2, 0) is 4.74 Å². The van der Waals surface area contributed by atoms with Crippen LogP contribution in [-0.4, -0.2) is 31.5 Å². The number of epoxide rings is 1. The molecule has 0 aliphatic carbocycles. The maximum atomic E-state index is 7.00. The summed E-state index contributed by atoms with van der Waals surface area (Å²) in [5, 5.41) is 7.00. The van der Waals surface area contributed by atoms with Crippen molar-refractivity contribution in [1.82, 2.24) is 0 Å². The Kier molecular flexibility index (Phi) is 4.29. The predicted molar refractivity (Wildman–Crippen MR) is 49.8 cm³/mol. The fourth-order valence-electron chi connectivity index (χ4n) is 0.870. The van der Waals surface area contributed by atoms with E-state index in [-0.39, 0.29) is 0 Å². The van der Waals surface area contributed by atoms with Gasteiger partial charge in [-0.15, -0.1) is 0 Å². The molecule has 1 unspecified atom stereocenters. The summed E-state index contributed by atoms with van der Waals surface area (Å²) >= 11 is 0. The van der Waals surface area contributed by atoms with E-state index in [1.165, 1.54) is 0 Å². The van der Waals surface area contributed by atoms with Gasteiger partial charge in [0.25, 0.3) is 0 Å². The highest BCUT2D eigenvalue weighted by atomic mass is 16.6. The van der Waals surface area contributed by atoms with Crippen LogP contribution in [0.5, 0.6) is 5.75 Å². The summed E-state index contributed by atoms with van der Waals surface area (Å²) in [4.78, 5) is 0. The molecule has 0 amide bonds. The molecular formula is C10H14O3. The molecule has 0 spiro atoms. The molecule has 1 fully saturated rings. The second kappa shape index (κ2) is 5.56. The lowest BCUT2D eigenvalue weighted by Gasteiger charge is -2.01. The Labute approximate surface area is 77.9 Å². The summed E-state index contributed by atoms with van der Waals surface area (Å²) in [5.41, 5.74) is 0. The van der Waals surface area contributed by atoms with Crippen molar-refractivity contribution in [2.75, 3.05) is 20.3 Å². The van der Waals surface area contributed by atoms with Gasteiger partial charge in [-0.05, 0) is 12.1 Å². The van der Waals surface area contributed by atoms with Crippen LogP contribution < -0.4 is 4.74 Å². The van der Waals surface area contributed by atoms with Crippen LogP contribution in [0.3, 0.4) is 0 Å². The van der Waals surface area contributed by atoms with E-state index < -0.39 is 0 Å². The van der Waals surface area contributed by atoms with Gasteiger partial charge in [0, 0.05) is 7.11 Å². The molecule has 3 nitrogen and oxygen atoms in total. The Morgan fingerprint density at radius 1 is 1.38 bits per heavy atom. The third kappa shape index (κ3) is 3.92. The smallest absolute Gasteiger partial charge is 0.119 e. The summed E-state index contributed by atoms with van der Waals surface area (Å²) in [5.74, 6) is 0.919. The molecule has 0 bridgehead atoms. The van der Waals surface area contributed by atoms with Gasteiger partial charge in [0.15, 0.2) is 0 Å². The lowest BCUT2D eigenvalue weighted by molar-refractivity contribution is 0.263. The molecule has 3 heteroatoms. The molecule has 13 heavy (non-hydrogen) atoms. The number of para-hydroxylation sites is 1. The Morgan fingerprint density at radius 2 is 2.00 bits per heavy atom. The van der Waals surface area contributed by atoms with Gasteiger partial charge in [0.2, 0.25) is 0 Å². The summed E-state index contributed by atoms with van der Waals surface area (Å²) in [6.45, 7) is 1.54. The quantitative estimate of drug-likeness (QED) is 0.711. The molecule has 72 valence electrons. The van der Waals surface area contributed by atoms with Crippen LogP contribution in [0.1, 0.15) is 0 Å². The van der Waals surface area contributed by atoms with Crippen molar-refractivity contribution in [2.24, 2.45) is 0 Å². The number of aliphatic hydroxyl groups is 1. The molecule has 1 aromatic carbocycles. The monoisotopic (exact) mass is 182 g/mol. The first kappa shape index (κ1) is 10.0. The van der Waals surface area contributed by atoms with Crippen molar-refractivity contribution in [3.63, 3.8) is 0 Å². The molecule has 1 aromatic rings. The molecule has 0 radical (unpaired) electrons. The van der Waals surface area contributed by atoms with Gasteiger partial charge in [-0.3, -0.25) is 0 Å². The summed E-state index contributed by atoms with van der Waals surface area (Å²) in [7, 11) is 1.00. The van der Waals surface area contributed by atoms with Crippen molar-refractivity contribution in [3.8, 4) is 5.75 Å². The molecular weight excluding hydrogens is 168 g/mol. The Morgan fingerprint density at radius 3 is 2.54 bits per heavy atom. The highest BCUT2D eigenvalue weighted by molar-refractivity contribution is 5.20. The topological polar surface area (TPSA) is 42.0 Å². The zero-order chi connectivity index (χ0) is 9.52. The molecule has 1 heterocycles. The van der Waals surface area contributed by atoms with Gasteiger partial charge in [0.1, 0.15) is 18.5 Å². The average Bonchev–Trinajstić information content (AvgIpc) is 3.03. The zero-order valence-corrected chi connectivity index (χ0v) is 7.64.